The number of halogens is 2. The second kappa shape index (κ2) is 9.15. The predicted molar refractivity (Wildman–Crippen MR) is 131 cm³/mol. The fourth-order valence-electron chi connectivity index (χ4n) is 4.54. The van der Waals surface area contributed by atoms with Crippen LogP contribution < -0.4 is 16.2 Å². The molecule has 2 aliphatic rings. The summed E-state index contributed by atoms with van der Waals surface area (Å²) in [5.41, 5.74) is 7.35. The third-order valence-corrected chi connectivity index (χ3v) is 6.44. The van der Waals surface area contributed by atoms with Crippen molar-refractivity contribution in [3.8, 4) is 11.3 Å². The van der Waals surface area contributed by atoms with Gasteiger partial charge in [-0.2, -0.15) is 0 Å². The van der Waals surface area contributed by atoms with Crippen molar-refractivity contribution < 1.29 is 9.13 Å². The number of anilines is 1. The minimum atomic E-state index is -0.520. The van der Waals surface area contributed by atoms with E-state index in [1.54, 1.807) is 36.0 Å². The Morgan fingerprint density at radius 1 is 1.32 bits per heavy atom. The van der Waals surface area contributed by atoms with Gasteiger partial charge in [-0.15, -0.1) is 0 Å². The summed E-state index contributed by atoms with van der Waals surface area (Å²) in [6.45, 7) is 2.07. The fourth-order valence-corrected chi connectivity index (χ4v) is 4.70. The number of hydrogen-bond donors (Lipinski definition) is 1. The molecule has 4 heterocycles. The SMILES string of the molecule is CN=C/C(=C\N)C1CN(c2cc3c(=O)n4c(nc3c(-c3ccc(Cl)cc3F)n2)CCC4)CCO1. The van der Waals surface area contributed by atoms with Gasteiger partial charge in [0, 0.05) is 61.7 Å². The Hall–Kier alpha value is -3.30. The third kappa shape index (κ3) is 3.95. The molecule has 0 aliphatic carbocycles. The molecule has 3 aromatic rings. The Bertz CT molecular complexity index is 1390. The molecule has 34 heavy (non-hydrogen) atoms. The van der Waals surface area contributed by atoms with Crippen LogP contribution in [0.15, 0.2) is 45.8 Å². The van der Waals surface area contributed by atoms with Crippen LogP contribution >= 0.6 is 11.6 Å². The van der Waals surface area contributed by atoms with Crippen LogP contribution in [0.1, 0.15) is 12.2 Å². The highest BCUT2D eigenvalue weighted by Crippen LogP contribution is 2.32. The number of ether oxygens (including phenoxy) is 1. The minimum Gasteiger partial charge on any atom is -0.404 e. The summed E-state index contributed by atoms with van der Waals surface area (Å²) in [7, 11) is 1.67. The number of morpholine rings is 1. The van der Waals surface area contributed by atoms with Crippen molar-refractivity contribution in [1.29, 1.82) is 0 Å². The second-order valence-corrected chi connectivity index (χ2v) is 8.73. The average molecular weight is 483 g/mol. The first-order valence-electron chi connectivity index (χ1n) is 11.1. The van der Waals surface area contributed by atoms with Crippen LogP contribution in [0.3, 0.4) is 0 Å². The molecule has 0 spiro atoms. The normalized spacial score (nSPS) is 18.7. The van der Waals surface area contributed by atoms with E-state index in [0.717, 1.165) is 12.0 Å². The summed E-state index contributed by atoms with van der Waals surface area (Å²) < 4.78 is 22.6. The highest BCUT2D eigenvalue weighted by Gasteiger charge is 2.27. The summed E-state index contributed by atoms with van der Waals surface area (Å²) in [6, 6.07) is 6.17. The van der Waals surface area contributed by atoms with E-state index in [1.807, 2.05) is 4.90 Å². The highest BCUT2D eigenvalue weighted by molar-refractivity contribution is 6.30. The lowest BCUT2D eigenvalue weighted by Gasteiger charge is -2.34. The smallest absolute Gasteiger partial charge is 0.261 e. The Kier molecular flexibility index (Phi) is 6.05. The van der Waals surface area contributed by atoms with Crippen LogP contribution in [0.2, 0.25) is 5.02 Å². The van der Waals surface area contributed by atoms with Crippen molar-refractivity contribution in [2.24, 2.45) is 10.7 Å². The number of hydrogen-bond acceptors (Lipinski definition) is 7. The summed E-state index contributed by atoms with van der Waals surface area (Å²) in [4.78, 5) is 29.0. The van der Waals surface area contributed by atoms with Crippen LogP contribution in [-0.4, -0.2) is 53.6 Å². The van der Waals surface area contributed by atoms with Gasteiger partial charge in [0.15, 0.2) is 0 Å². The molecule has 2 aliphatic heterocycles. The van der Waals surface area contributed by atoms with E-state index >= 15 is 4.39 Å². The molecule has 0 radical (unpaired) electrons. The molecule has 176 valence electrons. The number of aryl methyl sites for hydroxylation is 1. The lowest BCUT2D eigenvalue weighted by Crippen LogP contribution is -2.44. The quantitative estimate of drug-likeness (QED) is 0.574. The standard InChI is InChI=1S/C24H24ClFN6O2/c1-28-12-14(11-27)19-13-31(7-8-34-19)21-10-17-23(29-20-3-2-6-32(20)24(17)33)22(30-21)16-5-4-15(25)9-18(16)26/h4-5,9-12,19H,2-3,6-8,13,27H2,1H3/b14-11+,28-12?. The highest BCUT2D eigenvalue weighted by atomic mass is 35.5. The van der Waals surface area contributed by atoms with E-state index < -0.39 is 5.82 Å². The Labute approximate surface area is 200 Å². The number of pyridine rings is 1. The molecule has 1 unspecified atom stereocenters. The molecule has 0 bridgehead atoms. The van der Waals surface area contributed by atoms with Crippen molar-refractivity contribution in [3.05, 3.63) is 63.1 Å². The second-order valence-electron chi connectivity index (χ2n) is 8.30. The molecular formula is C24H24ClFN6O2. The van der Waals surface area contributed by atoms with Crippen molar-refractivity contribution in [2.45, 2.75) is 25.5 Å². The van der Waals surface area contributed by atoms with Gasteiger partial charge in [-0.1, -0.05) is 11.6 Å². The van der Waals surface area contributed by atoms with E-state index in [1.165, 1.54) is 12.3 Å². The Morgan fingerprint density at radius 3 is 2.94 bits per heavy atom. The zero-order valence-corrected chi connectivity index (χ0v) is 19.4. The molecule has 2 aromatic heterocycles. The van der Waals surface area contributed by atoms with Crippen LogP contribution in [0.5, 0.6) is 0 Å². The topological polar surface area (TPSA) is 98.6 Å². The molecule has 1 saturated heterocycles. The molecule has 1 fully saturated rings. The van der Waals surface area contributed by atoms with Crippen LogP contribution in [0.25, 0.3) is 22.2 Å². The summed E-state index contributed by atoms with van der Waals surface area (Å²) >= 11 is 5.99. The molecule has 2 N–H and O–H groups in total. The van der Waals surface area contributed by atoms with Crippen molar-refractivity contribution in [3.63, 3.8) is 0 Å². The van der Waals surface area contributed by atoms with Gasteiger partial charge in [0.2, 0.25) is 0 Å². The monoisotopic (exact) mass is 482 g/mol. The van der Waals surface area contributed by atoms with Crippen LogP contribution in [0.4, 0.5) is 10.2 Å². The molecule has 8 nitrogen and oxygen atoms in total. The first-order chi connectivity index (χ1) is 16.5. The Morgan fingerprint density at radius 2 is 2.18 bits per heavy atom. The van der Waals surface area contributed by atoms with E-state index in [9.17, 15) is 4.79 Å². The summed E-state index contributed by atoms with van der Waals surface area (Å²) in [5.74, 6) is 0.728. The third-order valence-electron chi connectivity index (χ3n) is 6.21. The van der Waals surface area contributed by atoms with Gasteiger partial charge in [-0.3, -0.25) is 14.4 Å². The molecule has 0 amide bonds. The summed E-state index contributed by atoms with van der Waals surface area (Å²) in [5, 5.41) is 0.693. The predicted octanol–water partition coefficient (Wildman–Crippen LogP) is 2.95. The fraction of sp³-hybridized carbons (Fsp3) is 0.333. The van der Waals surface area contributed by atoms with Gasteiger partial charge in [0.25, 0.3) is 5.56 Å². The van der Waals surface area contributed by atoms with E-state index in [4.69, 9.17) is 32.0 Å². The lowest BCUT2D eigenvalue weighted by molar-refractivity contribution is 0.0677. The van der Waals surface area contributed by atoms with Gasteiger partial charge in [0.05, 0.1) is 12.0 Å². The zero-order valence-electron chi connectivity index (χ0n) is 18.7. The average Bonchev–Trinajstić information content (AvgIpc) is 3.32. The van der Waals surface area contributed by atoms with Crippen molar-refractivity contribution in [2.75, 3.05) is 31.6 Å². The largest absolute Gasteiger partial charge is 0.404 e. The van der Waals surface area contributed by atoms with E-state index in [-0.39, 0.29) is 22.2 Å². The first-order valence-corrected chi connectivity index (χ1v) is 11.5. The number of aliphatic imine (C=N–C) groups is 1. The van der Waals surface area contributed by atoms with E-state index in [2.05, 4.69) is 4.99 Å². The maximum absolute atomic E-state index is 15.0. The minimum absolute atomic E-state index is 0.137. The number of benzene rings is 1. The molecule has 0 saturated carbocycles. The molecule has 1 aromatic carbocycles. The maximum atomic E-state index is 15.0. The number of fused-ring (bicyclic) bond motifs is 2. The van der Waals surface area contributed by atoms with Crippen LogP contribution in [0, 0.1) is 5.82 Å². The first kappa shape index (κ1) is 22.5. The van der Waals surface area contributed by atoms with E-state index in [0.29, 0.717) is 60.9 Å². The molecule has 5 rings (SSSR count). The summed E-state index contributed by atoms with van der Waals surface area (Å²) in [6.07, 6.45) is 4.38. The van der Waals surface area contributed by atoms with Gasteiger partial charge >= 0.3 is 0 Å². The number of nitrogens with two attached hydrogens (primary N) is 1. The Balaban J connectivity index is 1.68. The van der Waals surface area contributed by atoms with Gasteiger partial charge in [-0.05, 0) is 30.7 Å². The van der Waals surface area contributed by atoms with Crippen LogP contribution in [-0.2, 0) is 17.7 Å². The number of rotatable bonds is 4. The van der Waals surface area contributed by atoms with Crippen molar-refractivity contribution >= 4 is 34.5 Å². The maximum Gasteiger partial charge on any atom is 0.261 e. The number of nitrogens with zero attached hydrogens (tertiary/aromatic N) is 5. The zero-order chi connectivity index (χ0) is 23.8. The van der Waals surface area contributed by atoms with Gasteiger partial charge < -0.3 is 15.4 Å². The van der Waals surface area contributed by atoms with Gasteiger partial charge in [0.1, 0.15) is 34.8 Å². The van der Waals surface area contributed by atoms with Gasteiger partial charge in [-0.25, -0.2) is 14.4 Å². The lowest BCUT2D eigenvalue weighted by atomic mass is 10.1. The molecular weight excluding hydrogens is 459 g/mol. The van der Waals surface area contributed by atoms with Crippen molar-refractivity contribution in [1.82, 2.24) is 14.5 Å². The molecule has 1 atom stereocenters. The molecule has 10 heteroatoms. The number of aromatic nitrogens is 3.